The van der Waals surface area contributed by atoms with Crippen molar-refractivity contribution in [3.8, 4) is 0 Å². The van der Waals surface area contributed by atoms with Gasteiger partial charge < -0.3 is 11.1 Å². The molecular formula is C10H12BrClN2O. The molecule has 0 fully saturated rings. The fourth-order valence-corrected chi connectivity index (χ4v) is 1.36. The highest BCUT2D eigenvalue weighted by molar-refractivity contribution is 9.10. The van der Waals surface area contributed by atoms with E-state index in [0.29, 0.717) is 10.7 Å². The van der Waals surface area contributed by atoms with Crippen molar-refractivity contribution in [1.82, 2.24) is 0 Å². The molecule has 0 spiro atoms. The second kappa shape index (κ2) is 4.51. The smallest absolute Gasteiger partial charge is 0.243 e. The van der Waals surface area contributed by atoms with Gasteiger partial charge in [-0.05, 0) is 48.0 Å². The van der Waals surface area contributed by atoms with Gasteiger partial charge in [0.15, 0.2) is 0 Å². The summed E-state index contributed by atoms with van der Waals surface area (Å²) in [5.74, 6) is -0.239. The minimum absolute atomic E-state index is 0.239. The number of carbonyl (C=O) groups is 1. The summed E-state index contributed by atoms with van der Waals surface area (Å²) in [6.45, 7) is 3.29. The molecule has 0 aliphatic heterocycles. The standard InChI is InChI=1S/C10H12BrClN2O/c1-10(2,13)9(15)14-6-3-4-8(12)7(11)5-6/h3-5H,13H2,1-2H3,(H,14,15). The summed E-state index contributed by atoms with van der Waals surface area (Å²) in [6, 6.07) is 5.15. The molecule has 0 aliphatic carbocycles. The predicted molar refractivity (Wildman–Crippen MR) is 66.0 cm³/mol. The molecule has 1 amide bonds. The largest absolute Gasteiger partial charge is 0.324 e. The van der Waals surface area contributed by atoms with E-state index >= 15 is 0 Å². The van der Waals surface area contributed by atoms with Gasteiger partial charge in [0, 0.05) is 10.2 Å². The Kier molecular flexibility index (Phi) is 3.76. The summed E-state index contributed by atoms with van der Waals surface area (Å²) in [6.07, 6.45) is 0. The first-order chi connectivity index (χ1) is 6.80. The fraction of sp³-hybridized carbons (Fsp3) is 0.300. The monoisotopic (exact) mass is 290 g/mol. The van der Waals surface area contributed by atoms with Crippen LogP contribution in [-0.2, 0) is 4.79 Å². The van der Waals surface area contributed by atoms with Crippen molar-refractivity contribution >= 4 is 39.1 Å². The van der Waals surface area contributed by atoms with Crippen molar-refractivity contribution in [2.24, 2.45) is 5.73 Å². The molecule has 0 radical (unpaired) electrons. The number of rotatable bonds is 2. The van der Waals surface area contributed by atoms with E-state index in [2.05, 4.69) is 21.2 Å². The van der Waals surface area contributed by atoms with E-state index in [1.54, 1.807) is 32.0 Å². The summed E-state index contributed by atoms with van der Waals surface area (Å²) in [5.41, 5.74) is 5.41. The molecule has 1 aromatic rings. The third-order valence-corrected chi connectivity index (χ3v) is 2.98. The molecule has 82 valence electrons. The van der Waals surface area contributed by atoms with Crippen LogP contribution < -0.4 is 11.1 Å². The van der Waals surface area contributed by atoms with E-state index in [4.69, 9.17) is 17.3 Å². The number of amides is 1. The van der Waals surface area contributed by atoms with Gasteiger partial charge in [0.25, 0.3) is 0 Å². The molecule has 1 aromatic carbocycles. The Labute approximate surface area is 102 Å². The number of hydrogen-bond acceptors (Lipinski definition) is 2. The molecule has 0 aromatic heterocycles. The first kappa shape index (κ1) is 12.5. The van der Waals surface area contributed by atoms with Gasteiger partial charge >= 0.3 is 0 Å². The number of halogens is 2. The highest BCUT2D eigenvalue weighted by atomic mass is 79.9. The molecule has 0 aliphatic rings. The van der Waals surface area contributed by atoms with Gasteiger partial charge in [-0.1, -0.05) is 11.6 Å². The molecule has 3 nitrogen and oxygen atoms in total. The van der Waals surface area contributed by atoms with Crippen molar-refractivity contribution in [2.45, 2.75) is 19.4 Å². The highest BCUT2D eigenvalue weighted by Gasteiger charge is 2.21. The normalized spacial score (nSPS) is 11.3. The third kappa shape index (κ3) is 3.48. The number of carbonyl (C=O) groups excluding carboxylic acids is 1. The summed E-state index contributed by atoms with van der Waals surface area (Å²) in [5, 5.41) is 3.29. The second-order valence-corrected chi connectivity index (χ2v) is 5.07. The van der Waals surface area contributed by atoms with E-state index in [0.717, 1.165) is 4.47 Å². The van der Waals surface area contributed by atoms with Crippen LogP contribution in [0.15, 0.2) is 22.7 Å². The highest BCUT2D eigenvalue weighted by Crippen LogP contribution is 2.25. The van der Waals surface area contributed by atoms with Crippen LogP contribution in [0.2, 0.25) is 5.02 Å². The van der Waals surface area contributed by atoms with Crippen molar-refractivity contribution in [3.05, 3.63) is 27.7 Å². The van der Waals surface area contributed by atoms with Crippen LogP contribution in [0.1, 0.15) is 13.8 Å². The van der Waals surface area contributed by atoms with Crippen LogP contribution in [-0.4, -0.2) is 11.4 Å². The van der Waals surface area contributed by atoms with Crippen molar-refractivity contribution in [1.29, 1.82) is 0 Å². The zero-order valence-electron chi connectivity index (χ0n) is 8.47. The molecule has 3 N–H and O–H groups in total. The molecule has 1 rings (SSSR count). The fourth-order valence-electron chi connectivity index (χ4n) is 0.866. The van der Waals surface area contributed by atoms with E-state index in [1.807, 2.05) is 0 Å². The topological polar surface area (TPSA) is 55.1 Å². The molecule has 5 heteroatoms. The van der Waals surface area contributed by atoms with Crippen LogP contribution in [0.25, 0.3) is 0 Å². The lowest BCUT2D eigenvalue weighted by molar-refractivity contribution is -0.120. The summed E-state index contributed by atoms with van der Waals surface area (Å²) < 4.78 is 0.733. The molecule has 0 unspecified atom stereocenters. The van der Waals surface area contributed by atoms with Gasteiger partial charge in [-0.15, -0.1) is 0 Å². The Bertz CT molecular complexity index is 387. The molecular weight excluding hydrogens is 279 g/mol. The SMILES string of the molecule is CC(C)(N)C(=O)Nc1ccc(Cl)c(Br)c1. The lowest BCUT2D eigenvalue weighted by Crippen LogP contribution is -2.45. The van der Waals surface area contributed by atoms with Gasteiger partial charge in [-0.25, -0.2) is 0 Å². The Morgan fingerprint density at radius 1 is 1.53 bits per heavy atom. The zero-order valence-corrected chi connectivity index (χ0v) is 10.8. The third-order valence-electron chi connectivity index (χ3n) is 1.76. The van der Waals surface area contributed by atoms with Gasteiger partial charge in [0.05, 0.1) is 10.6 Å². The minimum Gasteiger partial charge on any atom is -0.324 e. The van der Waals surface area contributed by atoms with Crippen LogP contribution in [0.3, 0.4) is 0 Å². The van der Waals surface area contributed by atoms with Crippen molar-refractivity contribution < 1.29 is 4.79 Å². The van der Waals surface area contributed by atoms with Crippen LogP contribution in [0, 0.1) is 0 Å². The van der Waals surface area contributed by atoms with Crippen LogP contribution >= 0.6 is 27.5 Å². The van der Waals surface area contributed by atoms with Crippen molar-refractivity contribution in [3.63, 3.8) is 0 Å². The van der Waals surface area contributed by atoms with Gasteiger partial charge in [0.1, 0.15) is 0 Å². The minimum atomic E-state index is -0.897. The molecule has 0 atom stereocenters. The Hall–Kier alpha value is -0.580. The van der Waals surface area contributed by atoms with Gasteiger partial charge in [0.2, 0.25) is 5.91 Å². The summed E-state index contributed by atoms with van der Waals surface area (Å²) >= 11 is 9.09. The molecule has 0 bridgehead atoms. The number of nitrogens with two attached hydrogens (primary N) is 1. The number of nitrogens with one attached hydrogen (secondary N) is 1. The lowest BCUT2D eigenvalue weighted by atomic mass is 10.1. The van der Waals surface area contributed by atoms with Crippen LogP contribution in [0.4, 0.5) is 5.69 Å². The van der Waals surface area contributed by atoms with Crippen LogP contribution in [0.5, 0.6) is 0 Å². The van der Waals surface area contributed by atoms with E-state index < -0.39 is 5.54 Å². The number of anilines is 1. The molecule has 0 saturated heterocycles. The van der Waals surface area contributed by atoms with E-state index in [9.17, 15) is 4.79 Å². The maximum Gasteiger partial charge on any atom is 0.243 e. The lowest BCUT2D eigenvalue weighted by Gasteiger charge is -2.17. The number of hydrogen-bond donors (Lipinski definition) is 2. The van der Waals surface area contributed by atoms with E-state index in [1.165, 1.54) is 0 Å². The maximum atomic E-state index is 11.5. The molecule has 15 heavy (non-hydrogen) atoms. The Balaban J connectivity index is 2.83. The first-order valence-electron chi connectivity index (χ1n) is 4.36. The van der Waals surface area contributed by atoms with Crippen molar-refractivity contribution in [2.75, 3.05) is 5.32 Å². The predicted octanol–water partition coefficient (Wildman–Crippen LogP) is 2.78. The summed E-state index contributed by atoms with van der Waals surface area (Å²) in [4.78, 5) is 11.5. The average molecular weight is 292 g/mol. The quantitative estimate of drug-likeness (QED) is 0.880. The van der Waals surface area contributed by atoms with E-state index in [-0.39, 0.29) is 5.91 Å². The summed E-state index contributed by atoms with van der Waals surface area (Å²) in [7, 11) is 0. The Morgan fingerprint density at radius 3 is 2.60 bits per heavy atom. The molecule has 0 heterocycles. The average Bonchev–Trinajstić information content (AvgIpc) is 2.10. The molecule has 0 saturated carbocycles. The zero-order chi connectivity index (χ0) is 11.6. The Morgan fingerprint density at radius 2 is 2.13 bits per heavy atom. The maximum absolute atomic E-state index is 11.5. The number of benzene rings is 1. The van der Waals surface area contributed by atoms with Gasteiger partial charge in [-0.3, -0.25) is 4.79 Å². The second-order valence-electron chi connectivity index (χ2n) is 3.80. The first-order valence-corrected chi connectivity index (χ1v) is 5.53. The van der Waals surface area contributed by atoms with Gasteiger partial charge in [-0.2, -0.15) is 0 Å².